The Hall–Kier alpha value is -2.09. The quantitative estimate of drug-likeness (QED) is 0.601. The molecule has 116 valence electrons. The molecule has 0 bridgehead atoms. The van der Waals surface area contributed by atoms with Crippen molar-refractivity contribution in [2.24, 2.45) is 5.92 Å². The number of H-pyrrole nitrogens is 1. The number of nitrogens with one attached hydrogen (secondary N) is 2. The molecule has 0 aromatic carbocycles. The SMILES string of the molecule is CC(O)C1CCN(C(=O)NC(Cc2cnc[nH]2)C(=O)O)C1. The summed E-state index contributed by atoms with van der Waals surface area (Å²) in [5.41, 5.74) is 0.644. The highest BCUT2D eigenvalue weighted by molar-refractivity contribution is 5.82. The third-order valence-electron chi connectivity index (χ3n) is 3.77. The molecule has 2 amide bonds. The Bertz CT molecular complexity index is 488. The first-order chi connectivity index (χ1) is 9.97. The van der Waals surface area contributed by atoms with Gasteiger partial charge in [-0.15, -0.1) is 0 Å². The summed E-state index contributed by atoms with van der Waals surface area (Å²) in [5.74, 6) is -1.05. The van der Waals surface area contributed by atoms with Gasteiger partial charge >= 0.3 is 12.0 Å². The van der Waals surface area contributed by atoms with Crippen LogP contribution in [0.1, 0.15) is 19.0 Å². The van der Waals surface area contributed by atoms with Crippen LogP contribution in [0, 0.1) is 5.92 Å². The van der Waals surface area contributed by atoms with Crippen LogP contribution in [0.4, 0.5) is 4.79 Å². The highest BCUT2D eigenvalue weighted by Crippen LogP contribution is 2.19. The molecule has 0 spiro atoms. The molecule has 0 aliphatic carbocycles. The van der Waals surface area contributed by atoms with E-state index in [1.54, 1.807) is 11.8 Å². The van der Waals surface area contributed by atoms with Crippen LogP contribution >= 0.6 is 0 Å². The number of aliphatic carboxylic acids is 1. The second-order valence-corrected chi connectivity index (χ2v) is 5.36. The maximum Gasteiger partial charge on any atom is 0.326 e. The molecule has 8 nitrogen and oxygen atoms in total. The van der Waals surface area contributed by atoms with Crippen LogP contribution in [0.15, 0.2) is 12.5 Å². The molecular formula is C13H20N4O4. The normalized spacial score (nSPS) is 21.0. The molecule has 1 aromatic heterocycles. The van der Waals surface area contributed by atoms with E-state index in [9.17, 15) is 19.8 Å². The van der Waals surface area contributed by atoms with E-state index in [0.29, 0.717) is 18.8 Å². The smallest absolute Gasteiger partial charge is 0.326 e. The Kier molecular flexibility index (Phi) is 4.79. The number of aromatic nitrogens is 2. The van der Waals surface area contributed by atoms with Gasteiger partial charge in [-0.1, -0.05) is 0 Å². The van der Waals surface area contributed by atoms with Crippen molar-refractivity contribution in [3.63, 3.8) is 0 Å². The largest absolute Gasteiger partial charge is 0.480 e. The van der Waals surface area contributed by atoms with Crippen LogP contribution in [0.25, 0.3) is 0 Å². The van der Waals surface area contributed by atoms with Gasteiger partial charge in [0.25, 0.3) is 0 Å². The van der Waals surface area contributed by atoms with Crippen molar-refractivity contribution >= 4 is 12.0 Å². The average Bonchev–Trinajstić information content (AvgIpc) is 3.08. The summed E-state index contributed by atoms with van der Waals surface area (Å²) >= 11 is 0. The fourth-order valence-corrected chi connectivity index (χ4v) is 2.42. The summed E-state index contributed by atoms with van der Waals surface area (Å²) in [4.78, 5) is 31.5. The monoisotopic (exact) mass is 296 g/mol. The molecular weight excluding hydrogens is 276 g/mol. The van der Waals surface area contributed by atoms with Crippen molar-refractivity contribution in [2.75, 3.05) is 13.1 Å². The maximum absolute atomic E-state index is 12.1. The molecule has 8 heteroatoms. The van der Waals surface area contributed by atoms with E-state index in [-0.39, 0.29) is 12.3 Å². The Morgan fingerprint density at radius 1 is 1.62 bits per heavy atom. The number of aromatic amines is 1. The lowest BCUT2D eigenvalue weighted by molar-refractivity contribution is -0.139. The van der Waals surface area contributed by atoms with Crippen LogP contribution in [-0.4, -0.2) is 62.3 Å². The van der Waals surface area contributed by atoms with E-state index in [4.69, 9.17) is 0 Å². The Morgan fingerprint density at radius 3 is 2.90 bits per heavy atom. The molecule has 2 rings (SSSR count). The molecule has 3 unspecified atom stereocenters. The molecule has 1 fully saturated rings. The number of carbonyl (C=O) groups excluding carboxylic acids is 1. The first-order valence-corrected chi connectivity index (χ1v) is 6.91. The van der Waals surface area contributed by atoms with Gasteiger partial charge in [-0.2, -0.15) is 0 Å². The first kappa shape index (κ1) is 15.3. The summed E-state index contributed by atoms with van der Waals surface area (Å²) in [6, 6.07) is -1.42. The number of nitrogens with zero attached hydrogens (tertiary/aromatic N) is 2. The van der Waals surface area contributed by atoms with Crippen LogP contribution < -0.4 is 5.32 Å². The van der Waals surface area contributed by atoms with E-state index in [1.807, 2.05) is 0 Å². The van der Waals surface area contributed by atoms with Crippen molar-refractivity contribution in [1.82, 2.24) is 20.2 Å². The number of carbonyl (C=O) groups is 2. The Morgan fingerprint density at radius 2 is 2.38 bits per heavy atom. The number of likely N-dealkylation sites (tertiary alicyclic amines) is 1. The van der Waals surface area contributed by atoms with E-state index in [0.717, 1.165) is 6.42 Å². The average molecular weight is 296 g/mol. The third kappa shape index (κ3) is 3.94. The number of hydrogen-bond donors (Lipinski definition) is 4. The number of amides is 2. The predicted octanol–water partition coefficient (Wildman–Crippen LogP) is -0.182. The number of aliphatic hydroxyl groups is 1. The number of urea groups is 1. The van der Waals surface area contributed by atoms with E-state index in [1.165, 1.54) is 12.5 Å². The van der Waals surface area contributed by atoms with E-state index in [2.05, 4.69) is 15.3 Å². The lowest BCUT2D eigenvalue weighted by Crippen LogP contribution is -2.48. The summed E-state index contributed by atoms with van der Waals surface area (Å²) < 4.78 is 0. The summed E-state index contributed by atoms with van der Waals surface area (Å²) in [5, 5.41) is 21.2. The van der Waals surface area contributed by atoms with Crippen LogP contribution in [0.2, 0.25) is 0 Å². The number of imidazole rings is 1. The molecule has 4 N–H and O–H groups in total. The molecule has 0 radical (unpaired) electrons. The van der Waals surface area contributed by atoms with Gasteiger partial charge in [-0.3, -0.25) is 0 Å². The highest BCUT2D eigenvalue weighted by Gasteiger charge is 2.31. The fourth-order valence-electron chi connectivity index (χ4n) is 2.42. The number of carboxylic acid groups (broad SMARTS) is 1. The van der Waals surface area contributed by atoms with Gasteiger partial charge in [0.2, 0.25) is 0 Å². The fraction of sp³-hybridized carbons (Fsp3) is 0.615. The molecule has 0 saturated carbocycles. The summed E-state index contributed by atoms with van der Waals surface area (Å²) in [6.07, 6.45) is 3.40. The van der Waals surface area contributed by atoms with Crippen molar-refractivity contribution in [3.05, 3.63) is 18.2 Å². The predicted molar refractivity (Wildman–Crippen MR) is 73.6 cm³/mol. The molecule has 1 aliphatic rings. The van der Waals surface area contributed by atoms with E-state index >= 15 is 0 Å². The minimum atomic E-state index is -1.09. The molecule has 1 saturated heterocycles. The van der Waals surface area contributed by atoms with Gasteiger partial charge in [0.1, 0.15) is 6.04 Å². The Labute approximate surface area is 122 Å². The maximum atomic E-state index is 12.1. The van der Waals surface area contributed by atoms with Crippen molar-refractivity contribution < 1.29 is 19.8 Å². The number of aliphatic hydroxyl groups excluding tert-OH is 1. The van der Waals surface area contributed by atoms with Crippen LogP contribution in [-0.2, 0) is 11.2 Å². The lowest BCUT2D eigenvalue weighted by atomic mass is 10.0. The van der Waals surface area contributed by atoms with Crippen molar-refractivity contribution in [1.29, 1.82) is 0 Å². The Balaban J connectivity index is 1.91. The van der Waals surface area contributed by atoms with Gasteiger partial charge in [0, 0.05) is 37.3 Å². The van der Waals surface area contributed by atoms with Crippen molar-refractivity contribution in [3.8, 4) is 0 Å². The number of carboxylic acids is 1. The summed E-state index contributed by atoms with van der Waals surface area (Å²) in [6.45, 7) is 2.67. The minimum Gasteiger partial charge on any atom is -0.480 e. The van der Waals surface area contributed by atoms with Crippen LogP contribution in [0.5, 0.6) is 0 Å². The number of hydrogen-bond acceptors (Lipinski definition) is 4. The van der Waals surface area contributed by atoms with Gasteiger partial charge < -0.3 is 25.4 Å². The zero-order valence-electron chi connectivity index (χ0n) is 11.8. The molecule has 2 heterocycles. The van der Waals surface area contributed by atoms with Gasteiger partial charge in [0.15, 0.2) is 0 Å². The van der Waals surface area contributed by atoms with Crippen molar-refractivity contribution in [2.45, 2.75) is 31.9 Å². The number of rotatable bonds is 5. The molecule has 21 heavy (non-hydrogen) atoms. The third-order valence-corrected chi connectivity index (χ3v) is 3.77. The molecule has 1 aliphatic heterocycles. The minimum absolute atomic E-state index is 0.0478. The standard InChI is InChI=1S/C13H20N4O4/c1-8(18)9-2-3-17(6-9)13(21)16-11(12(19)20)4-10-5-14-7-15-10/h5,7-9,11,18H,2-4,6H2,1H3,(H,14,15)(H,16,21)(H,19,20). The summed E-state index contributed by atoms with van der Waals surface area (Å²) in [7, 11) is 0. The van der Waals surface area contributed by atoms with Crippen LogP contribution in [0.3, 0.4) is 0 Å². The topological polar surface area (TPSA) is 119 Å². The zero-order valence-corrected chi connectivity index (χ0v) is 11.8. The molecule has 1 aromatic rings. The second kappa shape index (κ2) is 6.57. The van der Waals surface area contributed by atoms with E-state index < -0.39 is 24.1 Å². The molecule has 3 atom stereocenters. The second-order valence-electron chi connectivity index (χ2n) is 5.36. The van der Waals surface area contributed by atoms with Gasteiger partial charge in [-0.25, -0.2) is 14.6 Å². The lowest BCUT2D eigenvalue weighted by Gasteiger charge is -2.21. The first-order valence-electron chi connectivity index (χ1n) is 6.91. The van der Waals surface area contributed by atoms with Gasteiger partial charge in [-0.05, 0) is 13.3 Å². The zero-order chi connectivity index (χ0) is 15.4. The highest BCUT2D eigenvalue weighted by atomic mass is 16.4. The van der Waals surface area contributed by atoms with Gasteiger partial charge in [0.05, 0.1) is 12.4 Å².